The molecule has 2 rings (SSSR count). The lowest BCUT2D eigenvalue weighted by Crippen LogP contribution is -1.78. The minimum atomic E-state index is 1.14. The molecule has 0 bridgehead atoms. The summed E-state index contributed by atoms with van der Waals surface area (Å²) in [4.78, 5) is 3.14. The van der Waals surface area contributed by atoms with Gasteiger partial charge in [0.15, 0.2) is 0 Å². The van der Waals surface area contributed by atoms with Gasteiger partial charge in [-0.15, -0.1) is 0 Å². The van der Waals surface area contributed by atoms with E-state index in [9.17, 15) is 0 Å². The molecule has 0 saturated carbocycles. The van der Waals surface area contributed by atoms with Crippen molar-refractivity contribution in [2.45, 2.75) is 0 Å². The highest BCUT2D eigenvalue weighted by atomic mass is 79.9. The Morgan fingerprint density at radius 3 is 2.90 bits per heavy atom. The van der Waals surface area contributed by atoms with Gasteiger partial charge in [0.1, 0.15) is 0 Å². The predicted molar refractivity (Wildman–Crippen MR) is 45.1 cm³/mol. The van der Waals surface area contributed by atoms with Crippen molar-refractivity contribution in [2.75, 3.05) is 0 Å². The van der Waals surface area contributed by atoms with Gasteiger partial charge in [0, 0.05) is 21.9 Å². The SMILES string of the molecule is Brc1cc[nH]c2cccc1-2. The molecule has 0 aromatic heterocycles. The normalized spacial score (nSPS) is 10.5. The van der Waals surface area contributed by atoms with Crippen molar-refractivity contribution >= 4 is 15.9 Å². The third kappa shape index (κ3) is 0.762. The predicted octanol–water partition coefficient (Wildman–Crippen LogP) is 2.88. The van der Waals surface area contributed by atoms with Gasteiger partial charge in [-0.25, -0.2) is 0 Å². The van der Waals surface area contributed by atoms with Crippen molar-refractivity contribution in [1.29, 1.82) is 0 Å². The average molecular weight is 196 g/mol. The maximum Gasteiger partial charge on any atom is 0.0464 e. The second kappa shape index (κ2) is 2.13. The van der Waals surface area contributed by atoms with E-state index in [4.69, 9.17) is 0 Å². The van der Waals surface area contributed by atoms with Crippen LogP contribution in [-0.2, 0) is 0 Å². The Morgan fingerprint density at radius 2 is 2.10 bits per heavy atom. The van der Waals surface area contributed by atoms with E-state index in [0.29, 0.717) is 0 Å². The van der Waals surface area contributed by atoms with Crippen LogP contribution in [0.4, 0.5) is 0 Å². The minimum absolute atomic E-state index is 1.14. The summed E-state index contributed by atoms with van der Waals surface area (Å²) in [5, 5.41) is 0. The molecule has 0 fully saturated rings. The first-order valence-electron chi connectivity index (χ1n) is 3.09. The van der Waals surface area contributed by atoms with Crippen LogP contribution in [0.25, 0.3) is 11.3 Å². The number of aromatic nitrogens is 1. The van der Waals surface area contributed by atoms with Crippen LogP contribution >= 0.6 is 15.9 Å². The largest absolute Gasteiger partial charge is 0.361 e. The second-order valence-electron chi connectivity index (χ2n) is 2.18. The lowest BCUT2D eigenvalue weighted by atomic mass is 10.2. The molecular weight excluding hydrogens is 190 g/mol. The fraction of sp³-hybridized carbons (Fsp3) is 0. The molecule has 0 radical (unpaired) electrons. The average Bonchev–Trinajstić information content (AvgIpc) is 2.36. The van der Waals surface area contributed by atoms with Gasteiger partial charge >= 0.3 is 0 Å². The number of nitrogens with one attached hydrogen (secondary N) is 1. The zero-order chi connectivity index (χ0) is 6.97. The van der Waals surface area contributed by atoms with Crippen molar-refractivity contribution in [3.8, 4) is 11.3 Å². The fourth-order valence-electron chi connectivity index (χ4n) is 1.05. The van der Waals surface area contributed by atoms with E-state index < -0.39 is 0 Å². The molecule has 10 heavy (non-hydrogen) atoms. The van der Waals surface area contributed by atoms with Gasteiger partial charge in [-0.3, -0.25) is 0 Å². The van der Waals surface area contributed by atoms with Gasteiger partial charge < -0.3 is 4.98 Å². The summed E-state index contributed by atoms with van der Waals surface area (Å²) in [6, 6.07) is 8.17. The van der Waals surface area contributed by atoms with Gasteiger partial charge in [-0.1, -0.05) is 28.1 Å². The molecule has 0 amide bonds. The van der Waals surface area contributed by atoms with Crippen LogP contribution in [0.15, 0.2) is 34.9 Å². The Kier molecular flexibility index (Phi) is 1.27. The third-order valence-electron chi connectivity index (χ3n) is 1.54. The first-order valence-corrected chi connectivity index (χ1v) is 3.89. The lowest BCUT2D eigenvalue weighted by molar-refractivity contribution is 1.33. The smallest absolute Gasteiger partial charge is 0.0464 e. The number of aromatic amines is 1. The van der Waals surface area contributed by atoms with Crippen molar-refractivity contribution in [1.82, 2.24) is 4.98 Å². The molecule has 50 valence electrons. The Morgan fingerprint density at radius 1 is 1.20 bits per heavy atom. The molecule has 0 aromatic rings. The molecule has 1 N–H and O–H groups in total. The molecular formula is C8H6BrN. The van der Waals surface area contributed by atoms with E-state index in [2.05, 4.69) is 33.0 Å². The zero-order valence-electron chi connectivity index (χ0n) is 5.26. The van der Waals surface area contributed by atoms with Gasteiger partial charge in [0.05, 0.1) is 0 Å². The Bertz CT molecular complexity index is 313. The summed E-state index contributed by atoms with van der Waals surface area (Å²) in [6.45, 7) is 0. The molecule has 1 nitrogen and oxygen atoms in total. The van der Waals surface area contributed by atoms with Crippen LogP contribution < -0.4 is 0 Å². The molecule has 1 aliphatic heterocycles. The van der Waals surface area contributed by atoms with Crippen molar-refractivity contribution in [3.05, 3.63) is 34.9 Å². The first kappa shape index (κ1) is 5.98. The Balaban J connectivity index is 2.80. The summed E-state index contributed by atoms with van der Waals surface area (Å²) in [5.41, 5.74) is 2.41. The topological polar surface area (TPSA) is 15.8 Å². The van der Waals surface area contributed by atoms with Crippen molar-refractivity contribution < 1.29 is 0 Å². The quantitative estimate of drug-likeness (QED) is 0.666. The zero-order valence-corrected chi connectivity index (χ0v) is 6.85. The number of pyridine rings is 1. The van der Waals surface area contributed by atoms with Crippen molar-refractivity contribution in [2.24, 2.45) is 0 Å². The van der Waals surface area contributed by atoms with Crippen LogP contribution in [0.5, 0.6) is 0 Å². The molecule has 2 heteroatoms. The van der Waals surface area contributed by atoms with Crippen LogP contribution in [0.1, 0.15) is 0 Å². The maximum absolute atomic E-state index is 3.46. The highest BCUT2D eigenvalue weighted by molar-refractivity contribution is 9.10. The summed E-state index contributed by atoms with van der Waals surface area (Å²) in [6.07, 6.45) is 1.92. The summed E-state index contributed by atoms with van der Waals surface area (Å²) in [5.74, 6) is 0. The standard InChI is InChI=1S/C8H6BrN/c9-7-4-5-10-8-3-1-2-6(7)8/h1-5,10H. The summed E-state index contributed by atoms with van der Waals surface area (Å²) in [7, 11) is 0. The van der Waals surface area contributed by atoms with Gasteiger partial charge in [0.2, 0.25) is 0 Å². The van der Waals surface area contributed by atoms with E-state index in [0.717, 1.165) is 4.47 Å². The van der Waals surface area contributed by atoms with Crippen molar-refractivity contribution in [3.63, 3.8) is 0 Å². The van der Waals surface area contributed by atoms with Crippen LogP contribution in [-0.4, -0.2) is 4.98 Å². The molecule has 0 unspecified atom stereocenters. The number of halogens is 1. The third-order valence-corrected chi connectivity index (χ3v) is 2.23. The Labute approximate surface area is 67.5 Å². The van der Waals surface area contributed by atoms with Crippen LogP contribution in [0, 0.1) is 0 Å². The fourth-order valence-corrected chi connectivity index (χ4v) is 1.53. The molecule has 1 heterocycles. The highest BCUT2D eigenvalue weighted by Crippen LogP contribution is 2.27. The van der Waals surface area contributed by atoms with E-state index in [1.54, 1.807) is 0 Å². The highest BCUT2D eigenvalue weighted by Gasteiger charge is 2.03. The molecule has 0 aromatic carbocycles. The van der Waals surface area contributed by atoms with E-state index in [1.807, 2.05) is 18.3 Å². The number of fused-ring (bicyclic) bond motifs is 1. The molecule has 1 aliphatic carbocycles. The summed E-state index contributed by atoms with van der Waals surface area (Å²) < 4.78 is 1.14. The molecule has 0 spiro atoms. The van der Waals surface area contributed by atoms with Crippen LogP contribution in [0.3, 0.4) is 0 Å². The summed E-state index contributed by atoms with van der Waals surface area (Å²) >= 11 is 3.46. The van der Waals surface area contributed by atoms with Gasteiger partial charge in [-0.05, 0) is 12.1 Å². The molecule has 2 aliphatic rings. The van der Waals surface area contributed by atoms with E-state index in [-0.39, 0.29) is 0 Å². The minimum Gasteiger partial charge on any atom is -0.361 e. The number of H-pyrrole nitrogens is 1. The molecule has 0 saturated heterocycles. The van der Waals surface area contributed by atoms with Crippen LogP contribution in [0.2, 0.25) is 0 Å². The number of rotatable bonds is 0. The Hall–Kier alpha value is -0.760. The number of hydrogen-bond donors (Lipinski definition) is 1. The van der Waals surface area contributed by atoms with E-state index in [1.165, 1.54) is 11.3 Å². The first-order chi connectivity index (χ1) is 4.88. The monoisotopic (exact) mass is 195 g/mol. The van der Waals surface area contributed by atoms with Gasteiger partial charge in [0.25, 0.3) is 0 Å². The maximum atomic E-state index is 3.46. The number of hydrogen-bond acceptors (Lipinski definition) is 0. The molecule has 0 atom stereocenters. The van der Waals surface area contributed by atoms with Gasteiger partial charge in [-0.2, -0.15) is 0 Å². The second-order valence-corrected chi connectivity index (χ2v) is 3.03. The lowest BCUT2D eigenvalue weighted by Gasteiger charge is -1.99. The van der Waals surface area contributed by atoms with E-state index >= 15 is 0 Å².